The predicted octanol–water partition coefficient (Wildman–Crippen LogP) is 2.31. The number of hydrogen-bond donors (Lipinski definition) is 1. The molecule has 70 valence electrons. The van der Waals surface area contributed by atoms with Crippen LogP contribution in [-0.4, -0.2) is 5.90 Å². The summed E-state index contributed by atoms with van der Waals surface area (Å²) < 4.78 is 0. The molecule has 0 bridgehead atoms. The summed E-state index contributed by atoms with van der Waals surface area (Å²) >= 11 is 1.53. The van der Waals surface area contributed by atoms with Gasteiger partial charge in [0.25, 0.3) is 5.90 Å². The molecule has 0 aliphatic carbocycles. The summed E-state index contributed by atoms with van der Waals surface area (Å²) in [7, 11) is 0. The molecule has 0 aromatic carbocycles. The molecule has 1 aromatic rings. The fourth-order valence-electron chi connectivity index (χ4n) is 0.762. The van der Waals surface area contributed by atoms with E-state index in [-0.39, 0.29) is 0 Å². The van der Waals surface area contributed by atoms with E-state index >= 15 is 0 Å². The Labute approximate surface area is 81.5 Å². The number of aliphatic imine (C=N–C) groups is 1. The van der Waals surface area contributed by atoms with Crippen LogP contribution in [0.2, 0.25) is 0 Å². The highest BCUT2D eigenvalue weighted by Gasteiger charge is 2.04. The second-order valence-corrected chi connectivity index (χ2v) is 3.38. The lowest BCUT2D eigenvalue weighted by Crippen LogP contribution is -2.10. The summed E-state index contributed by atoms with van der Waals surface area (Å²) in [4.78, 5) is 9.72. The molecule has 0 saturated carbocycles. The summed E-state index contributed by atoms with van der Waals surface area (Å²) in [6.07, 6.45) is 0.790. The third-order valence-electron chi connectivity index (χ3n) is 1.51. The standard InChI is InChI=1S/C9H12N2OS/c1-3-7(2)11-9(12-10)8-5-4-6-13-8/h4-6H,2-3,10H2,1H3/b11-9-. The minimum atomic E-state index is 0.432. The summed E-state index contributed by atoms with van der Waals surface area (Å²) in [6.45, 7) is 5.73. The summed E-state index contributed by atoms with van der Waals surface area (Å²) in [5.74, 6) is 5.53. The van der Waals surface area contributed by atoms with Gasteiger partial charge in [0.15, 0.2) is 0 Å². The molecule has 0 fully saturated rings. The van der Waals surface area contributed by atoms with Gasteiger partial charge in [-0.05, 0) is 17.9 Å². The predicted molar refractivity (Wildman–Crippen MR) is 55.6 cm³/mol. The Balaban J connectivity index is 2.85. The van der Waals surface area contributed by atoms with Crippen LogP contribution < -0.4 is 5.90 Å². The molecule has 0 atom stereocenters. The van der Waals surface area contributed by atoms with Gasteiger partial charge in [0.2, 0.25) is 0 Å². The normalized spacial score (nSPS) is 11.4. The van der Waals surface area contributed by atoms with Crippen molar-refractivity contribution in [1.29, 1.82) is 0 Å². The molecule has 0 spiro atoms. The molecule has 3 nitrogen and oxygen atoms in total. The van der Waals surface area contributed by atoms with Crippen molar-refractivity contribution in [3.8, 4) is 0 Å². The van der Waals surface area contributed by atoms with Crippen LogP contribution in [-0.2, 0) is 4.84 Å². The lowest BCUT2D eigenvalue weighted by molar-refractivity contribution is 0.322. The first kappa shape index (κ1) is 9.95. The smallest absolute Gasteiger partial charge is 0.254 e. The molecule has 0 saturated heterocycles. The minimum absolute atomic E-state index is 0.432. The van der Waals surface area contributed by atoms with E-state index in [1.807, 2.05) is 24.4 Å². The highest BCUT2D eigenvalue weighted by Crippen LogP contribution is 2.12. The Kier molecular flexibility index (Phi) is 3.67. The van der Waals surface area contributed by atoms with Crippen molar-refractivity contribution in [2.45, 2.75) is 13.3 Å². The first-order chi connectivity index (χ1) is 6.27. The molecule has 4 heteroatoms. The summed E-state index contributed by atoms with van der Waals surface area (Å²) in [5, 5.41) is 1.94. The van der Waals surface area contributed by atoms with E-state index in [0.29, 0.717) is 5.90 Å². The topological polar surface area (TPSA) is 47.6 Å². The molecule has 0 amide bonds. The Hall–Kier alpha value is -1.13. The molecule has 0 aliphatic rings. The first-order valence-electron chi connectivity index (χ1n) is 3.95. The Morgan fingerprint density at radius 3 is 3.00 bits per heavy atom. The van der Waals surface area contributed by atoms with Gasteiger partial charge in [0, 0.05) is 5.70 Å². The number of rotatable bonds is 3. The van der Waals surface area contributed by atoms with Gasteiger partial charge in [0.1, 0.15) is 0 Å². The van der Waals surface area contributed by atoms with Crippen LogP contribution in [0.4, 0.5) is 0 Å². The number of thiophene rings is 1. The van der Waals surface area contributed by atoms with Gasteiger partial charge in [-0.15, -0.1) is 11.3 Å². The Bertz CT molecular complexity index is 303. The molecule has 2 N–H and O–H groups in total. The lowest BCUT2D eigenvalue weighted by Gasteiger charge is -2.01. The van der Waals surface area contributed by atoms with Gasteiger partial charge in [-0.25, -0.2) is 4.99 Å². The van der Waals surface area contributed by atoms with Crippen molar-refractivity contribution < 1.29 is 4.84 Å². The molecule has 0 radical (unpaired) electrons. The van der Waals surface area contributed by atoms with Crippen molar-refractivity contribution >= 4 is 17.2 Å². The molecular weight excluding hydrogens is 184 g/mol. The fraction of sp³-hybridized carbons (Fsp3) is 0.222. The molecule has 1 rings (SSSR count). The van der Waals surface area contributed by atoms with Crippen LogP contribution in [0.3, 0.4) is 0 Å². The molecule has 1 heterocycles. The zero-order valence-corrected chi connectivity index (χ0v) is 8.30. The first-order valence-corrected chi connectivity index (χ1v) is 4.83. The van der Waals surface area contributed by atoms with Crippen LogP contribution in [0.5, 0.6) is 0 Å². The average molecular weight is 196 g/mol. The van der Waals surface area contributed by atoms with Crippen molar-refractivity contribution in [2.24, 2.45) is 10.9 Å². The van der Waals surface area contributed by atoms with Gasteiger partial charge >= 0.3 is 0 Å². The van der Waals surface area contributed by atoms with Crippen LogP contribution in [0.1, 0.15) is 18.2 Å². The Morgan fingerprint density at radius 1 is 1.77 bits per heavy atom. The molecule has 0 unspecified atom stereocenters. The van der Waals surface area contributed by atoms with Gasteiger partial charge in [-0.3, -0.25) is 0 Å². The third kappa shape index (κ3) is 2.68. The van der Waals surface area contributed by atoms with E-state index < -0.39 is 0 Å². The van der Waals surface area contributed by atoms with E-state index in [2.05, 4.69) is 16.4 Å². The average Bonchev–Trinajstić information content (AvgIpc) is 2.66. The van der Waals surface area contributed by atoms with E-state index in [1.54, 1.807) is 0 Å². The molecule has 0 aliphatic heterocycles. The lowest BCUT2D eigenvalue weighted by atomic mass is 10.4. The Morgan fingerprint density at radius 2 is 2.54 bits per heavy atom. The monoisotopic (exact) mass is 196 g/mol. The van der Waals surface area contributed by atoms with Gasteiger partial charge in [-0.2, -0.15) is 5.90 Å². The maximum atomic E-state index is 5.10. The van der Waals surface area contributed by atoms with E-state index in [4.69, 9.17) is 5.90 Å². The van der Waals surface area contributed by atoms with Crippen molar-refractivity contribution in [3.63, 3.8) is 0 Å². The van der Waals surface area contributed by atoms with Crippen LogP contribution in [0.25, 0.3) is 0 Å². The largest absolute Gasteiger partial charge is 0.390 e. The maximum Gasteiger partial charge on any atom is 0.254 e. The zero-order valence-electron chi connectivity index (χ0n) is 7.49. The van der Waals surface area contributed by atoms with E-state index in [9.17, 15) is 0 Å². The highest BCUT2D eigenvalue weighted by molar-refractivity contribution is 7.12. The van der Waals surface area contributed by atoms with Gasteiger partial charge in [-0.1, -0.05) is 19.6 Å². The maximum absolute atomic E-state index is 5.10. The fourth-order valence-corrected chi connectivity index (χ4v) is 1.42. The molecular formula is C9H12N2OS. The van der Waals surface area contributed by atoms with Crippen LogP contribution >= 0.6 is 11.3 Å². The van der Waals surface area contributed by atoms with Crippen molar-refractivity contribution in [1.82, 2.24) is 0 Å². The van der Waals surface area contributed by atoms with Crippen molar-refractivity contribution in [2.75, 3.05) is 0 Å². The van der Waals surface area contributed by atoms with Gasteiger partial charge in [0.05, 0.1) is 4.88 Å². The zero-order chi connectivity index (χ0) is 9.68. The molecule has 13 heavy (non-hydrogen) atoms. The van der Waals surface area contributed by atoms with Gasteiger partial charge < -0.3 is 4.84 Å². The minimum Gasteiger partial charge on any atom is -0.390 e. The summed E-state index contributed by atoms with van der Waals surface area (Å²) in [6, 6.07) is 3.82. The van der Waals surface area contributed by atoms with Crippen LogP contribution in [0.15, 0.2) is 34.8 Å². The quantitative estimate of drug-likeness (QED) is 0.458. The third-order valence-corrected chi connectivity index (χ3v) is 2.37. The van der Waals surface area contributed by atoms with Crippen LogP contribution in [0, 0.1) is 0 Å². The second-order valence-electron chi connectivity index (χ2n) is 2.43. The number of nitrogens with zero attached hydrogens (tertiary/aromatic N) is 1. The SMILES string of the molecule is C=C(CC)/N=C(\ON)c1cccs1. The number of allylic oxidation sites excluding steroid dienone is 1. The summed E-state index contributed by atoms with van der Waals surface area (Å²) in [5.41, 5.74) is 0.758. The number of nitrogens with two attached hydrogens (primary N) is 1. The molecule has 1 aromatic heterocycles. The highest BCUT2D eigenvalue weighted by atomic mass is 32.1. The second kappa shape index (κ2) is 4.79. The van der Waals surface area contributed by atoms with E-state index in [0.717, 1.165) is 17.0 Å². The number of hydrogen-bond acceptors (Lipinski definition) is 4. The van der Waals surface area contributed by atoms with Crippen molar-refractivity contribution in [3.05, 3.63) is 34.7 Å². The van der Waals surface area contributed by atoms with E-state index in [1.165, 1.54) is 11.3 Å².